The Morgan fingerprint density at radius 1 is 1.00 bits per heavy atom. The summed E-state index contributed by atoms with van der Waals surface area (Å²) in [5.41, 5.74) is 2.53. The first kappa shape index (κ1) is 19.2. The Bertz CT molecular complexity index is 928. The van der Waals surface area contributed by atoms with Crippen molar-refractivity contribution in [1.29, 1.82) is 0 Å². The average molecular weight is 377 g/mol. The SMILES string of the molecule is COc1ccc(CC(=O)Nc2ccc(N(C)c3ccccc3)nc2)cc1OC. The third kappa shape index (κ3) is 4.59. The predicted molar refractivity (Wildman–Crippen MR) is 111 cm³/mol. The number of methoxy groups -OCH3 is 2. The smallest absolute Gasteiger partial charge is 0.228 e. The summed E-state index contributed by atoms with van der Waals surface area (Å²) >= 11 is 0. The van der Waals surface area contributed by atoms with Gasteiger partial charge in [0.2, 0.25) is 5.91 Å². The predicted octanol–water partition coefficient (Wildman–Crippen LogP) is 4.05. The Labute approximate surface area is 164 Å². The van der Waals surface area contributed by atoms with E-state index in [4.69, 9.17) is 9.47 Å². The van der Waals surface area contributed by atoms with Crippen LogP contribution in [0.3, 0.4) is 0 Å². The number of hydrogen-bond donors (Lipinski definition) is 1. The molecule has 0 spiro atoms. The van der Waals surface area contributed by atoms with E-state index in [9.17, 15) is 4.79 Å². The maximum Gasteiger partial charge on any atom is 0.228 e. The normalized spacial score (nSPS) is 10.2. The van der Waals surface area contributed by atoms with Gasteiger partial charge in [-0.1, -0.05) is 24.3 Å². The highest BCUT2D eigenvalue weighted by molar-refractivity contribution is 5.92. The third-order valence-corrected chi connectivity index (χ3v) is 4.33. The number of nitrogens with zero attached hydrogens (tertiary/aromatic N) is 2. The van der Waals surface area contributed by atoms with Crippen LogP contribution < -0.4 is 19.7 Å². The third-order valence-electron chi connectivity index (χ3n) is 4.33. The van der Waals surface area contributed by atoms with Crippen molar-refractivity contribution in [3.63, 3.8) is 0 Å². The number of pyridine rings is 1. The number of amides is 1. The topological polar surface area (TPSA) is 63.7 Å². The summed E-state index contributed by atoms with van der Waals surface area (Å²) in [6.45, 7) is 0. The van der Waals surface area contributed by atoms with Crippen molar-refractivity contribution in [3.8, 4) is 11.5 Å². The van der Waals surface area contributed by atoms with Gasteiger partial charge in [0.15, 0.2) is 11.5 Å². The van der Waals surface area contributed by atoms with E-state index in [1.165, 1.54) is 0 Å². The fourth-order valence-electron chi connectivity index (χ4n) is 2.82. The molecule has 0 fully saturated rings. The van der Waals surface area contributed by atoms with Gasteiger partial charge in [0.1, 0.15) is 5.82 Å². The van der Waals surface area contributed by atoms with Crippen LogP contribution in [0.15, 0.2) is 66.9 Å². The molecule has 3 rings (SSSR count). The van der Waals surface area contributed by atoms with Crippen molar-refractivity contribution >= 4 is 23.1 Å². The monoisotopic (exact) mass is 377 g/mol. The van der Waals surface area contributed by atoms with Crippen LogP contribution in [0.4, 0.5) is 17.2 Å². The Kier molecular flexibility index (Phi) is 6.11. The molecule has 1 aromatic heterocycles. The summed E-state index contributed by atoms with van der Waals surface area (Å²) in [6.07, 6.45) is 1.88. The first-order chi connectivity index (χ1) is 13.6. The Balaban J connectivity index is 1.63. The molecule has 3 aromatic rings. The number of rotatable bonds is 7. The minimum atomic E-state index is -0.127. The number of carbonyl (C=O) groups excluding carboxylic acids is 1. The largest absolute Gasteiger partial charge is 0.493 e. The molecule has 28 heavy (non-hydrogen) atoms. The Morgan fingerprint density at radius 3 is 2.39 bits per heavy atom. The van der Waals surface area contributed by atoms with Crippen molar-refractivity contribution < 1.29 is 14.3 Å². The van der Waals surface area contributed by atoms with E-state index >= 15 is 0 Å². The molecule has 6 nitrogen and oxygen atoms in total. The molecule has 6 heteroatoms. The fourth-order valence-corrected chi connectivity index (χ4v) is 2.82. The van der Waals surface area contributed by atoms with E-state index in [0.717, 1.165) is 17.1 Å². The van der Waals surface area contributed by atoms with E-state index in [1.54, 1.807) is 32.5 Å². The molecule has 0 aliphatic heterocycles. The number of benzene rings is 2. The summed E-state index contributed by atoms with van der Waals surface area (Å²) in [6, 6.07) is 19.1. The number of aromatic nitrogens is 1. The van der Waals surface area contributed by atoms with Gasteiger partial charge in [0.25, 0.3) is 0 Å². The summed E-state index contributed by atoms with van der Waals surface area (Å²) in [5, 5.41) is 2.87. The Hall–Kier alpha value is -3.54. The lowest BCUT2D eigenvalue weighted by Gasteiger charge is -2.18. The van der Waals surface area contributed by atoms with Crippen molar-refractivity contribution in [2.24, 2.45) is 0 Å². The summed E-state index contributed by atoms with van der Waals surface area (Å²) in [7, 11) is 5.10. The summed E-state index contributed by atoms with van der Waals surface area (Å²) in [5.74, 6) is 1.90. The molecule has 0 saturated carbocycles. The molecule has 0 aliphatic carbocycles. The highest BCUT2D eigenvalue weighted by Crippen LogP contribution is 2.28. The second-order valence-electron chi connectivity index (χ2n) is 6.21. The molecule has 0 aliphatic rings. The lowest BCUT2D eigenvalue weighted by molar-refractivity contribution is -0.115. The zero-order chi connectivity index (χ0) is 19.9. The minimum absolute atomic E-state index is 0.127. The van der Waals surface area contributed by atoms with E-state index < -0.39 is 0 Å². The molecule has 1 N–H and O–H groups in total. The lowest BCUT2D eigenvalue weighted by Crippen LogP contribution is -2.15. The summed E-state index contributed by atoms with van der Waals surface area (Å²) in [4.78, 5) is 18.8. The minimum Gasteiger partial charge on any atom is -0.493 e. The van der Waals surface area contributed by atoms with Crippen molar-refractivity contribution in [1.82, 2.24) is 4.98 Å². The van der Waals surface area contributed by atoms with E-state index in [-0.39, 0.29) is 12.3 Å². The van der Waals surface area contributed by atoms with Gasteiger partial charge in [-0.3, -0.25) is 4.79 Å². The van der Waals surface area contributed by atoms with Crippen LogP contribution in [-0.2, 0) is 11.2 Å². The molecular weight excluding hydrogens is 354 g/mol. The Morgan fingerprint density at radius 2 is 1.75 bits per heavy atom. The van der Waals surface area contributed by atoms with Crippen molar-refractivity contribution in [2.45, 2.75) is 6.42 Å². The van der Waals surface area contributed by atoms with Gasteiger partial charge in [-0.25, -0.2) is 4.98 Å². The molecule has 2 aromatic carbocycles. The molecule has 0 atom stereocenters. The number of carbonyl (C=O) groups is 1. The fraction of sp³-hybridized carbons (Fsp3) is 0.182. The van der Waals surface area contributed by atoms with Crippen LogP contribution in [0.2, 0.25) is 0 Å². The van der Waals surface area contributed by atoms with Gasteiger partial charge in [0, 0.05) is 12.7 Å². The maximum absolute atomic E-state index is 12.4. The number of ether oxygens (including phenoxy) is 2. The van der Waals surface area contributed by atoms with Crippen molar-refractivity contribution in [3.05, 3.63) is 72.4 Å². The molecule has 0 radical (unpaired) electrons. The molecule has 1 amide bonds. The number of para-hydroxylation sites is 1. The first-order valence-corrected chi connectivity index (χ1v) is 8.86. The van der Waals surface area contributed by atoms with E-state index in [2.05, 4.69) is 10.3 Å². The van der Waals surface area contributed by atoms with Gasteiger partial charge in [-0.2, -0.15) is 0 Å². The quantitative estimate of drug-likeness (QED) is 0.673. The van der Waals surface area contributed by atoms with Crippen LogP contribution in [0, 0.1) is 0 Å². The van der Waals surface area contributed by atoms with Crippen LogP contribution in [0.25, 0.3) is 0 Å². The number of anilines is 3. The van der Waals surface area contributed by atoms with Gasteiger partial charge >= 0.3 is 0 Å². The van der Waals surface area contributed by atoms with Crippen LogP contribution in [0.5, 0.6) is 11.5 Å². The molecule has 0 unspecified atom stereocenters. The molecule has 0 bridgehead atoms. The number of hydrogen-bond acceptors (Lipinski definition) is 5. The highest BCUT2D eigenvalue weighted by Gasteiger charge is 2.10. The van der Waals surface area contributed by atoms with E-state index in [0.29, 0.717) is 17.2 Å². The molecule has 1 heterocycles. The van der Waals surface area contributed by atoms with Gasteiger partial charge in [-0.05, 0) is 42.0 Å². The first-order valence-electron chi connectivity index (χ1n) is 8.86. The summed E-state index contributed by atoms with van der Waals surface area (Å²) < 4.78 is 10.5. The molecule has 0 saturated heterocycles. The van der Waals surface area contributed by atoms with Crippen LogP contribution in [0.1, 0.15) is 5.56 Å². The zero-order valence-corrected chi connectivity index (χ0v) is 16.2. The standard InChI is InChI=1S/C22H23N3O3/c1-25(18-7-5-4-6-8-18)21-12-10-17(15-23-21)24-22(26)14-16-9-11-19(27-2)20(13-16)28-3/h4-13,15H,14H2,1-3H3,(H,24,26). The average Bonchev–Trinajstić information content (AvgIpc) is 2.74. The maximum atomic E-state index is 12.4. The number of nitrogens with one attached hydrogen (secondary N) is 1. The second-order valence-corrected chi connectivity index (χ2v) is 6.21. The molecule has 144 valence electrons. The lowest BCUT2D eigenvalue weighted by atomic mass is 10.1. The second kappa shape index (κ2) is 8.90. The van der Waals surface area contributed by atoms with Crippen LogP contribution in [-0.4, -0.2) is 32.2 Å². The van der Waals surface area contributed by atoms with E-state index in [1.807, 2.05) is 60.5 Å². The van der Waals surface area contributed by atoms with Gasteiger partial charge in [-0.15, -0.1) is 0 Å². The zero-order valence-electron chi connectivity index (χ0n) is 16.2. The van der Waals surface area contributed by atoms with Gasteiger partial charge in [0.05, 0.1) is 32.5 Å². The van der Waals surface area contributed by atoms with Crippen molar-refractivity contribution in [2.75, 3.05) is 31.5 Å². The molecular formula is C22H23N3O3. The van der Waals surface area contributed by atoms with Crippen LogP contribution >= 0.6 is 0 Å². The highest BCUT2D eigenvalue weighted by atomic mass is 16.5. The van der Waals surface area contributed by atoms with Gasteiger partial charge < -0.3 is 19.7 Å².